The molecule has 37 heavy (non-hydrogen) atoms. The van der Waals surface area contributed by atoms with Gasteiger partial charge in [-0.1, -0.05) is 41.9 Å². The van der Waals surface area contributed by atoms with E-state index in [1.54, 1.807) is 24.3 Å². The van der Waals surface area contributed by atoms with Gasteiger partial charge in [-0.15, -0.1) is 0 Å². The van der Waals surface area contributed by atoms with Crippen molar-refractivity contribution in [3.63, 3.8) is 0 Å². The fraction of sp³-hybridized carbons (Fsp3) is 0.310. The minimum atomic E-state index is -0.266. The van der Waals surface area contributed by atoms with Crippen LogP contribution in [0.2, 0.25) is 5.02 Å². The Bertz CT molecular complexity index is 1280. The van der Waals surface area contributed by atoms with Gasteiger partial charge in [0.15, 0.2) is 0 Å². The molecule has 5 rings (SSSR count). The SMILES string of the molecule is C[C@H](NC(=O)c1ccc(N)c(C(=N)c2ccc(N3CCN(C4COC4)CC3)cc2)c1)c1ccccc1Cl. The maximum absolute atomic E-state index is 13.0. The molecule has 2 aliphatic heterocycles. The highest BCUT2D eigenvalue weighted by molar-refractivity contribution is 6.31. The standard InChI is InChI=1S/C29H32ClN5O2/c1-19(24-4-2-3-5-26(24)30)33-29(36)21-8-11-27(31)25(16-21)28(32)20-6-9-22(10-7-20)34-12-14-35(15-13-34)23-17-37-18-23/h2-11,16,19,23,32H,12-15,17-18,31H2,1H3,(H,33,36)/t19-/m0/s1. The molecule has 3 aromatic rings. The van der Waals surface area contributed by atoms with Crippen molar-refractivity contribution in [2.75, 3.05) is 50.0 Å². The lowest BCUT2D eigenvalue weighted by Gasteiger charge is -2.43. The first-order chi connectivity index (χ1) is 17.9. The minimum absolute atomic E-state index is 0.246. The molecule has 0 saturated carbocycles. The fourth-order valence-corrected chi connectivity index (χ4v) is 5.17. The number of carbonyl (C=O) groups excluding carboxylic acids is 1. The quantitative estimate of drug-likeness (QED) is 0.320. The number of rotatable bonds is 7. The number of amides is 1. The Labute approximate surface area is 222 Å². The molecule has 0 radical (unpaired) electrons. The normalized spacial score (nSPS) is 17.2. The fourth-order valence-electron chi connectivity index (χ4n) is 4.87. The Morgan fingerprint density at radius 2 is 1.70 bits per heavy atom. The van der Waals surface area contributed by atoms with Gasteiger partial charge in [0.25, 0.3) is 5.91 Å². The summed E-state index contributed by atoms with van der Waals surface area (Å²) in [5, 5.41) is 12.4. The molecule has 2 fully saturated rings. The van der Waals surface area contributed by atoms with E-state index in [0.717, 1.165) is 56.2 Å². The van der Waals surface area contributed by atoms with Crippen LogP contribution in [0.1, 0.15) is 40.0 Å². The minimum Gasteiger partial charge on any atom is -0.398 e. The van der Waals surface area contributed by atoms with E-state index in [0.29, 0.717) is 27.9 Å². The molecule has 3 aromatic carbocycles. The van der Waals surface area contributed by atoms with Crippen LogP contribution in [0.4, 0.5) is 11.4 Å². The molecule has 0 bridgehead atoms. The summed E-state index contributed by atoms with van der Waals surface area (Å²) in [6.07, 6.45) is 0. The van der Waals surface area contributed by atoms with Gasteiger partial charge in [0, 0.05) is 59.3 Å². The average molecular weight is 518 g/mol. The van der Waals surface area contributed by atoms with Gasteiger partial charge in [-0.05, 0) is 48.9 Å². The van der Waals surface area contributed by atoms with Crippen LogP contribution < -0.4 is 16.0 Å². The van der Waals surface area contributed by atoms with Crippen molar-refractivity contribution < 1.29 is 9.53 Å². The van der Waals surface area contributed by atoms with Gasteiger partial charge in [0.2, 0.25) is 0 Å². The van der Waals surface area contributed by atoms with E-state index in [2.05, 4.69) is 27.2 Å². The third kappa shape index (κ3) is 5.49. The van der Waals surface area contributed by atoms with E-state index in [4.69, 9.17) is 27.5 Å². The summed E-state index contributed by atoms with van der Waals surface area (Å²) in [5.41, 5.74) is 10.7. The zero-order chi connectivity index (χ0) is 25.9. The zero-order valence-electron chi connectivity index (χ0n) is 20.9. The number of anilines is 2. The Morgan fingerprint density at radius 1 is 1.03 bits per heavy atom. The van der Waals surface area contributed by atoms with Crippen molar-refractivity contribution in [3.05, 3.63) is 94.0 Å². The monoisotopic (exact) mass is 517 g/mol. The van der Waals surface area contributed by atoms with E-state index in [1.165, 1.54) is 0 Å². The first-order valence-electron chi connectivity index (χ1n) is 12.6. The highest BCUT2D eigenvalue weighted by Crippen LogP contribution is 2.25. The van der Waals surface area contributed by atoms with Gasteiger partial charge in [-0.25, -0.2) is 0 Å². The molecule has 1 atom stereocenters. The molecular formula is C29H32ClN5O2. The molecule has 0 aliphatic carbocycles. The molecule has 0 unspecified atom stereocenters. The Morgan fingerprint density at radius 3 is 2.35 bits per heavy atom. The van der Waals surface area contributed by atoms with Crippen LogP contribution in [0.5, 0.6) is 0 Å². The summed E-state index contributed by atoms with van der Waals surface area (Å²) >= 11 is 6.29. The van der Waals surface area contributed by atoms with Gasteiger partial charge in [-0.3, -0.25) is 15.1 Å². The maximum atomic E-state index is 13.0. The predicted octanol–water partition coefficient (Wildman–Crippen LogP) is 4.35. The molecule has 4 N–H and O–H groups in total. The summed E-state index contributed by atoms with van der Waals surface area (Å²) in [6, 6.07) is 20.8. The van der Waals surface area contributed by atoms with Crippen LogP contribution in [0, 0.1) is 5.41 Å². The van der Waals surface area contributed by atoms with Crippen LogP contribution in [-0.2, 0) is 4.74 Å². The van der Waals surface area contributed by atoms with Crippen molar-refractivity contribution in [2.24, 2.45) is 0 Å². The van der Waals surface area contributed by atoms with E-state index in [9.17, 15) is 4.79 Å². The Balaban J connectivity index is 1.25. The van der Waals surface area contributed by atoms with E-state index in [1.807, 2.05) is 37.3 Å². The van der Waals surface area contributed by atoms with E-state index < -0.39 is 0 Å². The van der Waals surface area contributed by atoms with Gasteiger partial charge in [0.05, 0.1) is 31.0 Å². The third-order valence-electron chi connectivity index (χ3n) is 7.28. The first kappa shape index (κ1) is 25.3. The molecule has 0 spiro atoms. The number of halogens is 1. The summed E-state index contributed by atoms with van der Waals surface area (Å²) in [4.78, 5) is 17.9. The Kier molecular flexibility index (Phi) is 7.46. The molecule has 192 valence electrons. The number of hydrogen-bond acceptors (Lipinski definition) is 6. The van der Waals surface area contributed by atoms with Crippen molar-refractivity contribution in [1.29, 1.82) is 5.41 Å². The molecule has 2 aliphatic rings. The molecule has 1 amide bonds. The number of nitrogen functional groups attached to an aromatic ring is 1. The number of nitrogens with two attached hydrogens (primary N) is 1. The second kappa shape index (κ2) is 10.9. The number of nitrogens with one attached hydrogen (secondary N) is 2. The number of benzene rings is 3. The molecule has 2 saturated heterocycles. The Hall–Kier alpha value is -3.39. The lowest BCUT2D eigenvalue weighted by molar-refractivity contribution is -0.0660. The van der Waals surface area contributed by atoms with Gasteiger partial charge < -0.3 is 20.7 Å². The van der Waals surface area contributed by atoms with E-state index in [-0.39, 0.29) is 17.7 Å². The highest BCUT2D eigenvalue weighted by Gasteiger charge is 2.29. The second-order valence-electron chi connectivity index (χ2n) is 9.65. The van der Waals surface area contributed by atoms with Gasteiger partial charge in [0.1, 0.15) is 0 Å². The smallest absolute Gasteiger partial charge is 0.251 e. The number of hydrogen-bond donors (Lipinski definition) is 3. The lowest BCUT2D eigenvalue weighted by atomic mass is 9.98. The zero-order valence-corrected chi connectivity index (χ0v) is 21.7. The van der Waals surface area contributed by atoms with Crippen molar-refractivity contribution in [1.82, 2.24) is 10.2 Å². The summed E-state index contributed by atoms with van der Waals surface area (Å²) in [5.74, 6) is -0.246. The van der Waals surface area contributed by atoms with Crippen LogP contribution in [0.15, 0.2) is 66.7 Å². The number of carbonyl (C=O) groups is 1. The molecule has 2 heterocycles. The molecule has 7 nitrogen and oxygen atoms in total. The van der Waals surface area contributed by atoms with E-state index >= 15 is 0 Å². The largest absolute Gasteiger partial charge is 0.398 e. The van der Waals surface area contributed by atoms with Crippen molar-refractivity contribution >= 4 is 34.6 Å². The summed E-state index contributed by atoms with van der Waals surface area (Å²) in [6.45, 7) is 7.61. The van der Waals surface area contributed by atoms with Gasteiger partial charge in [-0.2, -0.15) is 0 Å². The van der Waals surface area contributed by atoms with Crippen LogP contribution in [0.3, 0.4) is 0 Å². The molecule has 8 heteroatoms. The number of piperazine rings is 1. The third-order valence-corrected chi connectivity index (χ3v) is 7.62. The van der Waals surface area contributed by atoms with Crippen LogP contribution in [-0.4, -0.2) is 62.0 Å². The van der Waals surface area contributed by atoms with Crippen LogP contribution >= 0.6 is 11.6 Å². The molecule has 0 aromatic heterocycles. The highest BCUT2D eigenvalue weighted by atomic mass is 35.5. The topological polar surface area (TPSA) is 94.7 Å². The summed E-state index contributed by atoms with van der Waals surface area (Å²) in [7, 11) is 0. The first-order valence-corrected chi connectivity index (χ1v) is 13.0. The maximum Gasteiger partial charge on any atom is 0.251 e. The van der Waals surface area contributed by atoms with Crippen LogP contribution in [0.25, 0.3) is 0 Å². The summed E-state index contributed by atoms with van der Waals surface area (Å²) < 4.78 is 5.33. The van der Waals surface area contributed by atoms with Crippen molar-refractivity contribution in [2.45, 2.75) is 19.0 Å². The van der Waals surface area contributed by atoms with Crippen molar-refractivity contribution in [3.8, 4) is 0 Å². The number of ether oxygens (including phenoxy) is 1. The second-order valence-corrected chi connectivity index (χ2v) is 10.1. The number of nitrogens with zero attached hydrogens (tertiary/aromatic N) is 2. The average Bonchev–Trinajstić information content (AvgIpc) is 2.88. The predicted molar refractivity (Wildman–Crippen MR) is 149 cm³/mol. The lowest BCUT2D eigenvalue weighted by Crippen LogP contribution is -2.56. The van der Waals surface area contributed by atoms with Gasteiger partial charge >= 0.3 is 0 Å². The molecular weight excluding hydrogens is 486 g/mol.